The summed E-state index contributed by atoms with van der Waals surface area (Å²) in [5, 5.41) is 12.8. The van der Waals surface area contributed by atoms with Gasteiger partial charge in [-0.15, -0.1) is 0 Å². The molecule has 0 radical (unpaired) electrons. The van der Waals surface area contributed by atoms with Crippen LogP contribution in [0.2, 0.25) is 0 Å². The van der Waals surface area contributed by atoms with Gasteiger partial charge in [-0.1, -0.05) is 54.6 Å². The van der Waals surface area contributed by atoms with Crippen LogP contribution in [0, 0.1) is 0 Å². The Morgan fingerprint density at radius 2 is 1.76 bits per heavy atom. The van der Waals surface area contributed by atoms with E-state index in [0.29, 0.717) is 17.9 Å². The van der Waals surface area contributed by atoms with Crippen LogP contribution in [-0.2, 0) is 9.59 Å². The lowest BCUT2D eigenvalue weighted by Gasteiger charge is -2.20. The van der Waals surface area contributed by atoms with E-state index in [4.69, 9.17) is 9.84 Å². The third-order valence-electron chi connectivity index (χ3n) is 6.82. The summed E-state index contributed by atoms with van der Waals surface area (Å²) in [7, 11) is 0. The molecule has 206 valence electrons. The SMILES string of the molecule is C/C(=C\C(=O)Nc1ccccc1OCCCC(=O)O)c1ccc2c(ccn2C(c2ccccc2)c2ccccn2)c1. The molecule has 0 bridgehead atoms. The number of allylic oxidation sites excluding steroid dienone is 1. The number of carboxylic acid groups (broad SMARTS) is 1. The van der Waals surface area contributed by atoms with Crippen LogP contribution in [0.5, 0.6) is 5.75 Å². The summed E-state index contributed by atoms with van der Waals surface area (Å²) in [6.07, 6.45) is 5.88. The van der Waals surface area contributed by atoms with Crippen molar-refractivity contribution in [1.82, 2.24) is 9.55 Å². The van der Waals surface area contributed by atoms with Crippen LogP contribution < -0.4 is 10.1 Å². The number of pyridine rings is 1. The molecule has 1 unspecified atom stereocenters. The molecule has 5 aromatic rings. The second-order valence-corrected chi connectivity index (χ2v) is 9.72. The highest BCUT2D eigenvalue weighted by atomic mass is 16.5. The van der Waals surface area contributed by atoms with Gasteiger partial charge in [0.2, 0.25) is 5.91 Å². The highest BCUT2D eigenvalue weighted by Crippen LogP contribution is 2.31. The van der Waals surface area contributed by atoms with Crippen molar-refractivity contribution in [3.05, 3.63) is 132 Å². The van der Waals surface area contributed by atoms with E-state index < -0.39 is 5.97 Å². The van der Waals surface area contributed by atoms with E-state index in [0.717, 1.165) is 33.3 Å². The van der Waals surface area contributed by atoms with Crippen molar-refractivity contribution in [3.8, 4) is 5.75 Å². The fourth-order valence-corrected chi connectivity index (χ4v) is 4.83. The zero-order valence-electron chi connectivity index (χ0n) is 22.7. The first-order valence-electron chi connectivity index (χ1n) is 13.5. The van der Waals surface area contributed by atoms with Gasteiger partial charge in [0.05, 0.1) is 18.0 Å². The number of aromatic nitrogens is 2. The molecule has 5 rings (SSSR count). The van der Waals surface area contributed by atoms with Gasteiger partial charge in [-0.2, -0.15) is 0 Å². The highest BCUT2D eigenvalue weighted by Gasteiger charge is 2.19. The van der Waals surface area contributed by atoms with Crippen molar-refractivity contribution in [2.75, 3.05) is 11.9 Å². The summed E-state index contributed by atoms with van der Waals surface area (Å²) in [6, 6.07) is 31.6. The molecule has 1 atom stereocenters. The number of amides is 1. The smallest absolute Gasteiger partial charge is 0.303 e. The third kappa shape index (κ3) is 6.70. The largest absolute Gasteiger partial charge is 0.491 e. The van der Waals surface area contributed by atoms with Gasteiger partial charge in [0.1, 0.15) is 11.8 Å². The van der Waals surface area contributed by atoms with Gasteiger partial charge in [-0.25, -0.2) is 0 Å². The summed E-state index contributed by atoms with van der Waals surface area (Å²) < 4.78 is 7.94. The third-order valence-corrected chi connectivity index (χ3v) is 6.82. The Balaban J connectivity index is 1.35. The molecule has 0 aliphatic heterocycles. The van der Waals surface area contributed by atoms with Crippen LogP contribution in [-0.4, -0.2) is 33.1 Å². The fraction of sp³-hybridized carbons (Fsp3) is 0.147. The minimum atomic E-state index is -0.866. The molecule has 0 fully saturated rings. The predicted octanol–water partition coefficient (Wildman–Crippen LogP) is 6.96. The lowest BCUT2D eigenvalue weighted by molar-refractivity contribution is -0.137. The van der Waals surface area contributed by atoms with E-state index >= 15 is 0 Å². The number of nitrogens with one attached hydrogen (secondary N) is 1. The number of hydrogen-bond donors (Lipinski definition) is 2. The van der Waals surface area contributed by atoms with Crippen LogP contribution in [0.3, 0.4) is 0 Å². The van der Waals surface area contributed by atoms with E-state index in [1.54, 1.807) is 24.3 Å². The summed E-state index contributed by atoms with van der Waals surface area (Å²) in [5.41, 5.74) is 5.47. The number of hydrogen-bond acceptors (Lipinski definition) is 4. The Morgan fingerprint density at radius 3 is 2.54 bits per heavy atom. The Kier molecular flexibility index (Phi) is 8.55. The van der Waals surface area contributed by atoms with Crippen molar-refractivity contribution in [1.29, 1.82) is 0 Å². The lowest BCUT2D eigenvalue weighted by Crippen LogP contribution is -2.12. The van der Waals surface area contributed by atoms with E-state index in [1.165, 1.54) is 0 Å². The number of carbonyl (C=O) groups excluding carboxylic acids is 1. The maximum absolute atomic E-state index is 12.9. The average molecular weight is 546 g/mol. The van der Waals surface area contributed by atoms with Crippen LogP contribution in [0.1, 0.15) is 42.6 Å². The molecule has 0 spiro atoms. The van der Waals surface area contributed by atoms with Crippen LogP contribution in [0.15, 0.2) is 116 Å². The molecule has 0 saturated heterocycles. The molecular weight excluding hydrogens is 514 g/mol. The molecule has 7 nitrogen and oxygen atoms in total. The zero-order valence-corrected chi connectivity index (χ0v) is 22.7. The quantitative estimate of drug-likeness (QED) is 0.138. The fourth-order valence-electron chi connectivity index (χ4n) is 4.83. The number of aliphatic carboxylic acids is 1. The Bertz CT molecular complexity index is 1640. The van der Waals surface area contributed by atoms with Gasteiger partial charge in [0, 0.05) is 35.8 Å². The minimum absolute atomic E-state index is 0.0280. The van der Waals surface area contributed by atoms with Gasteiger partial charge < -0.3 is 19.7 Å². The second kappa shape index (κ2) is 12.8. The highest BCUT2D eigenvalue weighted by molar-refractivity contribution is 6.04. The first-order valence-corrected chi connectivity index (χ1v) is 13.5. The molecule has 0 aliphatic carbocycles. The lowest BCUT2D eigenvalue weighted by atomic mass is 10.0. The molecule has 1 amide bonds. The number of rotatable bonds is 11. The number of benzene rings is 3. The van der Waals surface area contributed by atoms with Gasteiger partial charge in [-0.05, 0) is 72.5 Å². The summed E-state index contributed by atoms with van der Waals surface area (Å²) in [4.78, 5) is 28.3. The predicted molar refractivity (Wildman–Crippen MR) is 161 cm³/mol. The Hall–Kier alpha value is -5.17. The molecular formula is C34H31N3O4. The van der Waals surface area contributed by atoms with Crippen LogP contribution in [0.25, 0.3) is 16.5 Å². The molecule has 7 heteroatoms. The maximum Gasteiger partial charge on any atom is 0.303 e. The zero-order chi connectivity index (χ0) is 28.6. The maximum atomic E-state index is 12.9. The van der Waals surface area contributed by atoms with Crippen LogP contribution in [0.4, 0.5) is 5.69 Å². The second-order valence-electron chi connectivity index (χ2n) is 9.72. The molecule has 2 heterocycles. The van der Waals surface area contributed by atoms with E-state index in [-0.39, 0.29) is 25.0 Å². The number of nitrogens with zero attached hydrogens (tertiary/aromatic N) is 2. The number of carbonyl (C=O) groups is 2. The minimum Gasteiger partial charge on any atom is -0.491 e. The molecule has 41 heavy (non-hydrogen) atoms. The number of carboxylic acids is 1. The summed E-state index contributed by atoms with van der Waals surface area (Å²) in [5.74, 6) is -0.642. The van der Waals surface area contributed by atoms with Crippen molar-refractivity contribution >= 4 is 34.0 Å². The molecule has 0 aliphatic rings. The number of fused-ring (bicyclic) bond motifs is 1. The van der Waals surface area contributed by atoms with Crippen molar-refractivity contribution < 1.29 is 19.4 Å². The molecule has 3 aromatic carbocycles. The van der Waals surface area contributed by atoms with Crippen molar-refractivity contribution in [2.45, 2.75) is 25.8 Å². The average Bonchev–Trinajstić information content (AvgIpc) is 3.40. The monoisotopic (exact) mass is 545 g/mol. The standard InChI is InChI=1S/C34H31N3O4/c1-24(22-32(38)36-28-12-5-6-14-31(28)41-21-9-15-33(39)40)26-16-17-30-27(23-26)18-20-37(30)34(25-10-3-2-4-11-25)29-13-7-8-19-35-29/h2-8,10-14,16-20,22-23,34H,9,15,21H2,1H3,(H,36,38)(H,39,40)/b24-22+. The van der Waals surface area contributed by atoms with Gasteiger partial charge >= 0.3 is 5.97 Å². The number of anilines is 1. The van der Waals surface area contributed by atoms with E-state index in [2.05, 4.69) is 51.4 Å². The van der Waals surface area contributed by atoms with E-state index in [1.807, 2.05) is 61.7 Å². The normalized spacial score (nSPS) is 12.2. The Morgan fingerprint density at radius 1 is 0.976 bits per heavy atom. The Labute approximate surface area is 238 Å². The number of ether oxygens (including phenoxy) is 1. The molecule has 0 saturated carbocycles. The summed E-state index contributed by atoms with van der Waals surface area (Å²) in [6.45, 7) is 2.16. The number of para-hydroxylation sites is 2. The van der Waals surface area contributed by atoms with Crippen molar-refractivity contribution in [3.63, 3.8) is 0 Å². The van der Waals surface area contributed by atoms with Gasteiger partial charge in [0.15, 0.2) is 0 Å². The van der Waals surface area contributed by atoms with Gasteiger partial charge in [-0.3, -0.25) is 14.6 Å². The van der Waals surface area contributed by atoms with Crippen molar-refractivity contribution in [2.24, 2.45) is 0 Å². The first kappa shape index (κ1) is 27.4. The van der Waals surface area contributed by atoms with Crippen LogP contribution >= 0.6 is 0 Å². The summed E-state index contributed by atoms with van der Waals surface area (Å²) >= 11 is 0. The molecule has 2 aromatic heterocycles. The topological polar surface area (TPSA) is 93.5 Å². The first-order chi connectivity index (χ1) is 20.0. The molecule has 2 N–H and O–H groups in total. The van der Waals surface area contributed by atoms with E-state index in [9.17, 15) is 9.59 Å². The van der Waals surface area contributed by atoms with Gasteiger partial charge in [0.25, 0.3) is 0 Å².